The lowest BCUT2D eigenvalue weighted by Gasteiger charge is -2.34. The van der Waals surface area contributed by atoms with E-state index >= 15 is 0 Å². The molecule has 0 amide bonds. The van der Waals surface area contributed by atoms with Gasteiger partial charge in [-0.05, 0) is 24.0 Å². The van der Waals surface area contributed by atoms with E-state index in [1.54, 1.807) is 14.2 Å². The summed E-state index contributed by atoms with van der Waals surface area (Å²) in [7, 11) is 3.46. The molecule has 3 rings (SSSR count). The van der Waals surface area contributed by atoms with Crippen molar-refractivity contribution in [2.75, 3.05) is 59.0 Å². The Labute approximate surface area is 155 Å². The Kier molecular flexibility index (Phi) is 6.45. The van der Waals surface area contributed by atoms with Gasteiger partial charge in [0.2, 0.25) is 0 Å². The lowest BCUT2D eigenvalue weighted by molar-refractivity contribution is 0.133. The Morgan fingerprint density at radius 2 is 1.64 bits per heavy atom. The molecule has 136 valence electrons. The summed E-state index contributed by atoms with van der Waals surface area (Å²) in [6, 6.07) is 10.4. The zero-order chi connectivity index (χ0) is 17.6. The van der Waals surface area contributed by atoms with Crippen molar-refractivity contribution in [3.63, 3.8) is 0 Å². The second kappa shape index (κ2) is 8.79. The molecule has 0 unspecified atom stereocenters. The van der Waals surface area contributed by atoms with Gasteiger partial charge in [0.1, 0.15) is 11.5 Å². The summed E-state index contributed by atoms with van der Waals surface area (Å²) in [4.78, 5) is 5.11. The molecule has 2 aromatic carbocycles. The molecule has 1 aliphatic heterocycles. The summed E-state index contributed by atoms with van der Waals surface area (Å²) in [5.41, 5.74) is 1.31. The molecule has 0 aliphatic carbocycles. The summed E-state index contributed by atoms with van der Waals surface area (Å²) in [5, 5.41) is 2.30. The predicted octanol–water partition coefficient (Wildman–Crippen LogP) is 3.34. The molecule has 1 fully saturated rings. The molecule has 0 atom stereocenters. The molecular formula is C20H28N2O2S. The topological polar surface area (TPSA) is 24.9 Å². The first-order chi connectivity index (χ1) is 12.3. The summed E-state index contributed by atoms with van der Waals surface area (Å²) < 4.78 is 11.2. The number of fused-ring (bicyclic) bond motifs is 1. The van der Waals surface area contributed by atoms with Crippen LogP contribution in [0.25, 0.3) is 10.8 Å². The molecule has 2 aromatic rings. The van der Waals surface area contributed by atoms with Crippen LogP contribution < -0.4 is 9.47 Å². The molecular weight excluding hydrogens is 332 g/mol. The van der Waals surface area contributed by atoms with Crippen LogP contribution >= 0.6 is 11.8 Å². The van der Waals surface area contributed by atoms with Crippen LogP contribution in [0.2, 0.25) is 0 Å². The first-order valence-electron chi connectivity index (χ1n) is 8.83. The van der Waals surface area contributed by atoms with E-state index < -0.39 is 0 Å². The average Bonchev–Trinajstić information content (AvgIpc) is 2.67. The number of methoxy groups -OCH3 is 2. The number of hydrogen-bond acceptors (Lipinski definition) is 5. The highest BCUT2D eigenvalue weighted by molar-refractivity contribution is 7.98. The molecule has 4 nitrogen and oxygen atoms in total. The third-order valence-electron chi connectivity index (χ3n) is 4.96. The molecule has 0 spiro atoms. The van der Waals surface area contributed by atoms with Crippen LogP contribution in [0.1, 0.15) is 5.56 Å². The highest BCUT2D eigenvalue weighted by atomic mass is 32.2. The minimum Gasteiger partial charge on any atom is -0.496 e. The summed E-state index contributed by atoms with van der Waals surface area (Å²) in [5.74, 6) is 3.05. The monoisotopic (exact) mass is 360 g/mol. The Balaban J connectivity index is 1.78. The van der Waals surface area contributed by atoms with Gasteiger partial charge in [0.05, 0.1) is 14.2 Å². The van der Waals surface area contributed by atoms with Crippen LogP contribution in [-0.2, 0) is 6.54 Å². The quantitative estimate of drug-likeness (QED) is 0.754. The van der Waals surface area contributed by atoms with Gasteiger partial charge >= 0.3 is 0 Å². The van der Waals surface area contributed by atoms with Crippen LogP contribution in [-0.4, -0.2) is 68.8 Å². The zero-order valence-electron chi connectivity index (χ0n) is 15.5. The van der Waals surface area contributed by atoms with E-state index in [0.717, 1.165) is 49.6 Å². The fraction of sp³-hybridized carbons (Fsp3) is 0.500. The third-order valence-corrected chi connectivity index (χ3v) is 5.55. The fourth-order valence-electron chi connectivity index (χ4n) is 3.53. The van der Waals surface area contributed by atoms with Crippen LogP contribution in [0, 0.1) is 0 Å². The Morgan fingerprint density at radius 1 is 0.920 bits per heavy atom. The van der Waals surface area contributed by atoms with Crippen molar-refractivity contribution in [2.45, 2.75) is 6.54 Å². The van der Waals surface area contributed by atoms with Crippen molar-refractivity contribution in [3.8, 4) is 11.5 Å². The molecule has 1 aliphatic rings. The van der Waals surface area contributed by atoms with E-state index in [-0.39, 0.29) is 0 Å². The van der Waals surface area contributed by atoms with E-state index in [9.17, 15) is 0 Å². The molecule has 0 radical (unpaired) electrons. The summed E-state index contributed by atoms with van der Waals surface area (Å²) in [6.45, 7) is 6.72. The number of piperazine rings is 1. The van der Waals surface area contributed by atoms with Crippen LogP contribution in [0.3, 0.4) is 0 Å². The fourth-order valence-corrected chi connectivity index (χ4v) is 3.97. The van der Waals surface area contributed by atoms with Gasteiger partial charge < -0.3 is 9.47 Å². The first kappa shape index (κ1) is 18.4. The van der Waals surface area contributed by atoms with Gasteiger partial charge in [-0.2, -0.15) is 11.8 Å². The van der Waals surface area contributed by atoms with Gasteiger partial charge in [0.15, 0.2) is 0 Å². The normalized spacial score (nSPS) is 16.3. The maximum Gasteiger partial charge on any atom is 0.127 e. The molecule has 5 heteroatoms. The van der Waals surface area contributed by atoms with E-state index in [0.29, 0.717) is 0 Å². The van der Waals surface area contributed by atoms with Gasteiger partial charge in [-0.15, -0.1) is 0 Å². The number of nitrogens with zero attached hydrogens (tertiary/aromatic N) is 2. The molecule has 0 bridgehead atoms. The molecule has 1 saturated heterocycles. The van der Waals surface area contributed by atoms with Crippen LogP contribution in [0.15, 0.2) is 30.3 Å². The predicted molar refractivity (Wildman–Crippen MR) is 107 cm³/mol. The SMILES string of the molecule is COc1ccc(CN2CCN(CCSC)CC2)c2c(OC)cccc12. The van der Waals surface area contributed by atoms with Gasteiger partial charge in [0.25, 0.3) is 0 Å². The van der Waals surface area contributed by atoms with Crippen molar-refractivity contribution in [1.29, 1.82) is 0 Å². The summed E-state index contributed by atoms with van der Waals surface area (Å²) in [6.07, 6.45) is 2.18. The molecule has 0 N–H and O–H groups in total. The summed E-state index contributed by atoms with van der Waals surface area (Å²) >= 11 is 1.93. The number of hydrogen-bond donors (Lipinski definition) is 0. The average molecular weight is 361 g/mol. The zero-order valence-corrected chi connectivity index (χ0v) is 16.3. The number of ether oxygens (including phenoxy) is 2. The third kappa shape index (κ3) is 4.22. The van der Waals surface area contributed by atoms with Crippen molar-refractivity contribution in [1.82, 2.24) is 9.80 Å². The van der Waals surface area contributed by atoms with Gasteiger partial charge in [-0.25, -0.2) is 0 Å². The maximum absolute atomic E-state index is 5.63. The minimum absolute atomic E-state index is 0.902. The number of thioether (sulfide) groups is 1. The molecule has 25 heavy (non-hydrogen) atoms. The lowest BCUT2D eigenvalue weighted by Crippen LogP contribution is -2.46. The minimum atomic E-state index is 0.902. The van der Waals surface area contributed by atoms with E-state index in [1.165, 1.54) is 23.2 Å². The van der Waals surface area contributed by atoms with Crippen LogP contribution in [0.5, 0.6) is 11.5 Å². The highest BCUT2D eigenvalue weighted by Crippen LogP contribution is 2.35. The Hall–Kier alpha value is -1.43. The van der Waals surface area contributed by atoms with Gasteiger partial charge in [0, 0.05) is 55.8 Å². The lowest BCUT2D eigenvalue weighted by atomic mass is 10.0. The first-order valence-corrected chi connectivity index (χ1v) is 10.2. The molecule has 1 heterocycles. The largest absolute Gasteiger partial charge is 0.496 e. The van der Waals surface area contributed by atoms with E-state index in [1.807, 2.05) is 23.9 Å². The van der Waals surface area contributed by atoms with Gasteiger partial charge in [-0.1, -0.05) is 18.2 Å². The molecule has 0 saturated carbocycles. The van der Waals surface area contributed by atoms with Crippen molar-refractivity contribution in [3.05, 3.63) is 35.9 Å². The smallest absolute Gasteiger partial charge is 0.127 e. The standard InChI is InChI=1S/C20H28N2O2S/c1-23-18-8-7-16(20-17(18)5-4-6-19(20)24-2)15-22-11-9-21(10-12-22)13-14-25-3/h4-8H,9-15H2,1-3H3. The number of benzene rings is 2. The number of rotatable bonds is 7. The highest BCUT2D eigenvalue weighted by Gasteiger charge is 2.19. The van der Waals surface area contributed by atoms with Gasteiger partial charge in [-0.3, -0.25) is 9.80 Å². The van der Waals surface area contributed by atoms with Crippen molar-refractivity contribution < 1.29 is 9.47 Å². The maximum atomic E-state index is 5.63. The van der Waals surface area contributed by atoms with E-state index in [2.05, 4.69) is 34.3 Å². The Bertz CT molecular complexity index is 699. The second-order valence-corrected chi connectivity index (χ2v) is 7.41. The van der Waals surface area contributed by atoms with E-state index in [4.69, 9.17) is 9.47 Å². The Morgan fingerprint density at radius 3 is 2.32 bits per heavy atom. The molecule has 0 aromatic heterocycles. The second-order valence-electron chi connectivity index (χ2n) is 6.42. The van der Waals surface area contributed by atoms with Crippen molar-refractivity contribution >= 4 is 22.5 Å². The van der Waals surface area contributed by atoms with Crippen LogP contribution in [0.4, 0.5) is 0 Å². The van der Waals surface area contributed by atoms with Crippen molar-refractivity contribution in [2.24, 2.45) is 0 Å².